The first kappa shape index (κ1) is 28.5. The third-order valence-corrected chi connectivity index (χ3v) is 5.68. The van der Waals surface area contributed by atoms with Crippen LogP contribution in [-0.2, 0) is 23.8 Å². The van der Waals surface area contributed by atoms with Gasteiger partial charge in [0.25, 0.3) is 5.91 Å². The number of hydrogen-bond donors (Lipinski definition) is 2. The number of ether oxygens (including phenoxy) is 6. The zero-order valence-electron chi connectivity index (χ0n) is 21.8. The van der Waals surface area contributed by atoms with Crippen LogP contribution < -0.4 is 19.5 Å². The molecule has 1 aromatic heterocycles. The third kappa shape index (κ3) is 7.03. The van der Waals surface area contributed by atoms with Crippen LogP contribution in [0.1, 0.15) is 31.3 Å². The number of methoxy groups -OCH3 is 2. The quantitative estimate of drug-likeness (QED) is 0.479. The topological polar surface area (TPSA) is 152 Å². The third-order valence-electron chi connectivity index (χ3n) is 5.68. The number of carbonyl (C=O) groups excluding carboxylic acids is 3. The summed E-state index contributed by atoms with van der Waals surface area (Å²) in [7, 11) is 2.87. The highest BCUT2D eigenvalue weighted by Crippen LogP contribution is 2.28. The largest absolute Gasteiger partial charge is 0.503 e. The molecule has 1 saturated heterocycles. The molecule has 0 unspecified atom stereocenters. The van der Waals surface area contributed by atoms with Crippen LogP contribution in [0.2, 0.25) is 0 Å². The maximum absolute atomic E-state index is 13.0. The highest BCUT2D eigenvalue weighted by atomic mass is 16.6. The Morgan fingerprint density at radius 1 is 1.08 bits per heavy atom. The van der Waals surface area contributed by atoms with Gasteiger partial charge in [-0.3, -0.25) is 9.59 Å². The first-order valence-corrected chi connectivity index (χ1v) is 12.0. The van der Waals surface area contributed by atoms with E-state index in [9.17, 15) is 19.5 Å². The number of nitrogens with zero attached hydrogens (tertiary/aromatic N) is 1. The fourth-order valence-corrected chi connectivity index (χ4v) is 3.56. The van der Waals surface area contributed by atoms with E-state index < -0.39 is 53.9 Å². The summed E-state index contributed by atoms with van der Waals surface area (Å²) >= 11 is 0. The summed E-state index contributed by atoms with van der Waals surface area (Å²) in [6, 6.07) is 6.85. The number of carbonyl (C=O) groups is 3. The number of hydrogen-bond acceptors (Lipinski definition) is 11. The Labute approximate surface area is 220 Å². The van der Waals surface area contributed by atoms with E-state index in [1.54, 1.807) is 45.0 Å². The lowest BCUT2D eigenvalue weighted by molar-refractivity contribution is -0.169. The molecule has 206 valence electrons. The van der Waals surface area contributed by atoms with E-state index in [1.165, 1.54) is 26.5 Å². The van der Waals surface area contributed by atoms with Crippen LogP contribution in [0.3, 0.4) is 0 Å². The van der Waals surface area contributed by atoms with Gasteiger partial charge in [-0.15, -0.1) is 0 Å². The maximum Gasteiger partial charge on any atom is 0.331 e. The molecule has 12 heteroatoms. The summed E-state index contributed by atoms with van der Waals surface area (Å²) in [5.74, 6) is -1.95. The summed E-state index contributed by atoms with van der Waals surface area (Å²) in [6.07, 6.45) is -1.51. The van der Waals surface area contributed by atoms with Gasteiger partial charge in [0.2, 0.25) is 0 Å². The van der Waals surface area contributed by atoms with Crippen molar-refractivity contribution in [3.8, 4) is 23.0 Å². The lowest BCUT2D eigenvalue weighted by Gasteiger charge is -2.31. The van der Waals surface area contributed by atoms with Crippen LogP contribution >= 0.6 is 0 Å². The molecule has 1 aromatic carbocycles. The van der Waals surface area contributed by atoms with Gasteiger partial charge in [-0.2, -0.15) is 0 Å². The van der Waals surface area contributed by atoms with Crippen molar-refractivity contribution in [1.29, 1.82) is 0 Å². The van der Waals surface area contributed by atoms with Crippen molar-refractivity contribution in [3.63, 3.8) is 0 Å². The monoisotopic (exact) mass is 532 g/mol. The number of pyridine rings is 1. The normalized spacial score (nSPS) is 21.8. The van der Waals surface area contributed by atoms with Gasteiger partial charge in [0, 0.05) is 12.3 Å². The van der Waals surface area contributed by atoms with E-state index in [0.717, 1.165) is 0 Å². The number of nitrogens with one attached hydrogen (secondary N) is 1. The van der Waals surface area contributed by atoms with E-state index in [0.29, 0.717) is 11.5 Å². The van der Waals surface area contributed by atoms with Crippen LogP contribution in [0.25, 0.3) is 0 Å². The Balaban J connectivity index is 1.82. The van der Waals surface area contributed by atoms with Crippen LogP contribution in [0, 0.1) is 5.92 Å². The summed E-state index contributed by atoms with van der Waals surface area (Å²) in [5, 5.41) is 12.7. The number of esters is 2. The molecule has 0 aliphatic carbocycles. The molecular formula is C26H32N2O10. The maximum atomic E-state index is 13.0. The van der Waals surface area contributed by atoms with Gasteiger partial charge in [0.05, 0.1) is 33.4 Å². The van der Waals surface area contributed by atoms with Crippen molar-refractivity contribution in [2.45, 2.75) is 45.1 Å². The number of aromatic hydroxyl groups is 1. The van der Waals surface area contributed by atoms with E-state index in [1.807, 2.05) is 0 Å². The summed E-state index contributed by atoms with van der Waals surface area (Å²) in [4.78, 5) is 42.1. The van der Waals surface area contributed by atoms with Gasteiger partial charge in [-0.25, -0.2) is 9.78 Å². The van der Waals surface area contributed by atoms with Crippen LogP contribution in [0.5, 0.6) is 23.0 Å². The molecule has 2 aromatic rings. The van der Waals surface area contributed by atoms with Crippen molar-refractivity contribution in [3.05, 3.63) is 42.2 Å². The molecule has 1 amide bonds. The molecule has 12 nitrogen and oxygen atoms in total. The Bertz CT molecular complexity index is 1120. The van der Waals surface area contributed by atoms with Gasteiger partial charge in [0.15, 0.2) is 35.4 Å². The first-order chi connectivity index (χ1) is 18.1. The Morgan fingerprint density at radius 3 is 2.39 bits per heavy atom. The second-order valence-corrected chi connectivity index (χ2v) is 8.80. The zero-order chi connectivity index (χ0) is 27.8. The predicted molar refractivity (Wildman–Crippen MR) is 132 cm³/mol. The summed E-state index contributed by atoms with van der Waals surface area (Å²) < 4.78 is 33.2. The summed E-state index contributed by atoms with van der Waals surface area (Å²) in [5.41, 5.74) is -0.338. The highest BCUT2D eigenvalue weighted by Gasteiger charge is 2.39. The van der Waals surface area contributed by atoms with Crippen molar-refractivity contribution in [2.75, 3.05) is 27.4 Å². The number of benzene rings is 1. The molecule has 1 fully saturated rings. The zero-order valence-corrected chi connectivity index (χ0v) is 21.8. The fraction of sp³-hybridized carbons (Fsp3) is 0.462. The predicted octanol–water partition coefficient (Wildman–Crippen LogP) is 1.88. The van der Waals surface area contributed by atoms with Gasteiger partial charge < -0.3 is 38.8 Å². The number of cyclic esters (lactones) is 1. The Hall–Kier alpha value is -4.06. The van der Waals surface area contributed by atoms with Crippen molar-refractivity contribution < 1.29 is 47.9 Å². The second kappa shape index (κ2) is 13.0. The summed E-state index contributed by atoms with van der Waals surface area (Å²) in [6.45, 7) is 4.52. The molecule has 0 bridgehead atoms. The molecule has 38 heavy (non-hydrogen) atoms. The van der Waals surface area contributed by atoms with Crippen molar-refractivity contribution >= 4 is 17.8 Å². The minimum Gasteiger partial charge on any atom is -0.503 e. The lowest BCUT2D eigenvalue weighted by Crippen LogP contribution is -2.48. The molecule has 0 radical (unpaired) electrons. The van der Waals surface area contributed by atoms with Gasteiger partial charge >= 0.3 is 11.9 Å². The minimum atomic E-state index is -1.25. The van der Waals surface area contributed by atoms with E-state index in [4.69, 9.17) is 28.4 Å². The molecular weight excluding hydrogens is 500 g/mol. The average molecular weight is 533 g/mol. The molecule has 1 aliphatic rings. The molecule has 0 saturated carbocycles. The van der Waals surface area contributed by atoms with Crippen LogP contribution in [0.4, 0.5) is 0 Å². The van der Waals surface area contributed by atoms with Gasteiger partial charge in [0.1, 0.15) is 17.6 Å². The molecule has 0 spiro atoms. The number of aromatic nitrogens is 1. The standard InChI is InChI=1S/C26H32N2O10/c1-14(2)25(31)38-20-13-35-12-18(28-24(30)21-22(29)19(34-5)10-11-27-21)26(32)36-15(3)23(20)37-17-8-6-16(33-4)7-9-17/h6-11,14-15,18,20,23,29H,12-13H2,1-5H3,(H,28,30)/t15-,18-,20-,23-/m0/s1. The molecule has 2 N–H and O–H groups in total. The molecule has 3 rings (SSSR count). The number of rotatable bonds is 8. The van der Waals surface area contributed by atoms with Gasteiger partial charge in [-0.1, -0.05) is 13.8 Å². The van der Waals surface area contributed by atoms with E-state index >= 15 is 0 Å². The molecule has 4 atom stereocenters. The lowest BCUT2D eigenvalue weighted by atomic mass is 10.1. The first-order valence-electron chi connectivity index (χ1n) is 12.0. The van der Waals surface area contributed by atoms with E-state index in [2.05, 4.69) is 10.3 Å². The highest BCUT2D eigenvalue weighted by molar-refractivity contribution is 5.98. The fourth-order valence-electron chi connectivity index (χ4n) is 3.56. The molecule has 1 aliphatic heterocycles. The van der Waals surface area contributed by atoms with Crippen LogP contribution in [-0.4, -0.2) is 79.7 Å². The average Bonchev–Trinajstić information content (AvgIpc) is 2.94. The second-order valence-electron chi connectivity index (χ2n) is 8.80. The van der Waals surface area contributed by atoms with Crippen LogP contribution in [0.15, 0.2) is 36.5 Å². The smallest absolute Gasteiger partial charge is 0.331 e. The van der Waals surface area contributed by atoms with Gasteiger partial charge in [-0.05, 0) is 31.2 Å². The van der Waals surface area contributed by atoms with Crippen molar-refractivity contribution in [1.82, 2.24) is 10.3 Å². The SMILES string of the molecule is COc1ccc(O[C@H]2[C@H](C)OC(=O)[C@@H](NC(=O)c3nccc(OC)c3O)COC[C@@H]2OC(=O)C(C)C)cc1. The van der Waals surface area contributed by atoms with E-state index in [-0.39, 0.29) is 24.7 Å². The minimum absolute atomic E-state index is 0.0420. The Morgan fingerprint density at radius 2 is 1.76 bits per heavy atom. The molecule has 2 heterocycles. The Kier molecular flexibility index (Phi) is 9.72. The number of amides is 1. The van der Waals surface area contributed by atoms with Crippen molar-refractivity contribution in [2.24, 2.45) is 5.92 Å².